The van der Waals surface area contributed by atoms with Gasteiger partial charge in [-0.05, 0) is 147 Å². The van der Waals surface area contributed by atoms with E-state index in [2.05, 4.69) is 408 Å². The number of ether oxygens (including phenoxy) is 1. The van der Waals surface area contributed by atoms with Crippen LogP contribution in [0.5, 0.6) is 11.5 Å². The Hall–Kier alpha value is -13.1. The molecule has 2 unspecified atom stereocenters. The zero-order valence-corrected chi connectivity index (χ0v) is 57.5. The molecule has 6 heteroatoms. The number of rotatable bonds is 13. The van der Waals surface area contributed by atoms with Crippen LogP contribution in [0.2, 0.25) is 0 Å². The van der Waals surface area contributed by atoms with Gasteiger partial charge in [0.1, 0.15) is 11.5 Å². The van der Waals surface area contributed by atoms with E-state index in [9.17, 15) is 0 Å². The van der Waals surface area contributed by atoms with Crippen molar-refractivity contribution in [1.29, 1.82) is 0 Å². The van der Waals surface area contributed by atoms with Crippen molar-refractivity contribution in [2.24, 2.45) is 0 Å². The number of para-hydroxylation sites is 6. The quantitative estimate of drug-likeness (QED) is 0.114. The van der Waals surface area contributed by atoms with Gasteiger partial charge in [0.2, 0.25) is 0 Å². The average Bonchev–Trinajstić information content (AvgIpc) is 0.694. The summed E-state index contributed by atoms with van der Waals surface area (Å²) in [5.41, 5.74) is 31.6. The molecule has 104 heavy (non-hydrogen) atoms. The van der Waals surface area contributed by atoms with E-state index >= 15 is 0 Å². The largest absolute Gasteiger partial charge is 0.457 e. The predicted octanol–water partition coefficient (Wildman–Crippen LogP) is 27.5. The first-order valence-corrected chi connectivity index (χ1v) is 36.5. The molecule has 16 aromatic rings. The van der Waals surface area contributed by atoms with Crippen LogP contribution >= 0.6 is 11.8 Å². The summed E-state index contributed by atoms with van der Waals surface area (Å²) in [6.45, 7) is 0. The van der Waals surface area contributed by atoms with Gasteiger partial charge in [-0.2, -0.15) is 0 Å². The van der Waals surface area contributed by atoms with Crippen LogP contribution in [0.25, 0.3) is 55.6 Å². The average molecular weight is 1350 g/mol. The highest BCUT2D eigenvalue weighted by Gasteiger charge is 2.45. The van der Waals surface area contributed by atoms with Crippen molar-refractivity contribution in [1.82, 2.24) is 0 Å². The molecule has 4 aliphatic heterocycles. The van der Waals surface area contributed by atoms with Crippen LogP contribution in [0, 0.1) is 0 Å². The van der Waals surface area contributed by atoms with Gasteiger partial charge in [0.15, 0.2) is 0 Å². The molecule has 0 spiro atoms. The summed E-state index contributed by atoms with van der Waals surface area (Å²) in [7, 11) is 0. The van der Waals surface area contributed by atoms with Crippen LogP contribution in [0.15, 0.2) is 398 Å². The smallest absolute Gasteiger partial charge is 0.135 e. The van der Waals surface area contributed by atoms with Crippen molar-refractivity contribution in [3.63, 3.8) is 0 Å². The van der Waals surface area contributed by atoms with Gasteiger partial charge in [-0.3, -0.25) is 0 Å². The maximum atomic E-state index is 7.51. The molecule has 0 fully saturated rings. The van der Waals surface area contributed by atoms with Gasteiger partial charge in [-0.15, -0.1) is 0 Å². The van der Waals surface area contributed by atoms with Gasteiger partial charge >= 0.3 is 0 Å². The highest BCUT2D eigenvalue weighted by molar-refractivity contribution is 7.99. The molecule has 0 amide bonds. The summed E-state index contributed by atoms with van der Waals surface area (Å²) in [4.78, 5) is 12.4. The highest BCUT2D eigenvalue weighted by atomic mass is 32.2. The number of hydrogen-bond donors (Lipinski definition) is 0. The van der Waals surface area contributed by atoms with Crippen molar-refractivity contribution in [2.45, 2.75) is 21.6 Å². The molecule has 0 radical (unpaired) electrons. The minimum absolute atomic E-state index is 0.142. The van der Waals surface area contributed by atoms with Gasteiger partial charge in [-0.25, -0.2) is 0 Å². The summed E-state index contributed by atoms with van der Waals surface area (Å²) in [6, 6.07) is 143. The molecule has 4 aliphatic rings. The second-order valence-electron chi connectivity index (χ2n) is 27.0. The van der Waals surface area contributed by atoms with Crippen molar-refractivity contribution >= 4 is 80.0 Å². The topological polar surface area (TPSA) is 22.2 Å². The van der Waals surface area contributed by atoms with Gasteiger partial charge in [-0.1, -0.05) is 303 Å². The second kappa shape index (κ2) is 25.5. The first-order chi connectivity index (χ1) is 51.6. The Labute approximate surface area is 610 Å². The molecule has 490 valence electrons. The second-order valence-corrected chi connectivity index (χ2v) is 28.1. The summed E-state index contributed by atoms with van der Waals surface area (Å²) < 4.78 is 7.51. The SMILES string of the molecule is c1ccc(-c2ccc(N(c3cc4c5c(c3)N(c3ccccc3-c3ccccc3)c3cc6c(cc3C5c3ccccc3O4)C3c4ccccc4N(c4ccccc4)c4cc(N(c5ccc(-c7ccccc7)cc5)c5ccccc5-c5ccccc5)cc(c43)S6)c3ccccc3-c3ccccc3)cc2)cc1. The lowest BCUT2D eigenvalue weighted by Crippen LogP contribution is -2.28. The normalized spacial score (nSPS) is 14.0. The fourth-order valence-electron chi connectivity index (χ4n) is 16.5. The van der Waals surface area contributed by atoms with Gasteiger partial charge in [0.05, 0.1) is 45.5 Å². The van der Waals surface area contributed by atoms with E-state index in [1.54, 1.807) is 0 Å². The molecule has 0 aromatic heterocycles. The Bertz CT molecular complexity index is 5940. The van der Waals surface area contributed by atoms with Crippen LogP contribution in [-0.2, 0) is 0 Å². The van der Waals surface area contributed by atoms with Crippen molar-refractivity contribution in [3.05, 3.63) is 422 Å². The van der Waals surface area contributed by atoms with E-state index in [1.165, 1.54) is 43.2 Å². The third-order valence-electron chi connectivity index (χ3n) is 21.1. The standard InChI is InChI=1S/C98H66N4OS/c1-7-29-65(30-8-1)67-51-55-73(56-52-67)99(84-46-24-19-41-77(84)69-33-11-3-12-34-69)75-59-89-97-92(61-75)103-91-50-28-23-45-81(91)96(97)82-63-83-93(64-88(82)102(89)86-48-26-21-43-79(86)71-37-15-5-16-38-71)104-94-62-76(60-90-98(94)95(83)80-44-22-27-49-87(80)101(90)72-39-17-6-18-40-72)100(74-57-53-68(54-58-74)66-31-9-2-10-32-66)85-47-25-20-42-78(85)70-35-13-4-14-36-70/h1-64,95-96H. The molecular weight excluding hydrogens is 1280 g/mol. The highest BCUT2D eigenvalue weighted by Crippen LogP contribution is 2.66. The zero-order chi connectivity index (χ0) is 68.6. The van der Waals surface area contributed by atoms with Crippen molar-refractivity contribution < 1.29 is 4.74 Å². The Balaban J connectivity index is 0.842. The molecule has 16 aromatic carbocycles. The molecular formula is C98H66N4OS. The van der Waals surface area contributed by atoms with Gasteiger partial charge < -0.3 is 24.3 Å². The third kappa shape index (κ3) is 10.3. The van der Waals surface area contributed by atoms with Crippen LogP contribution in [0.4, 0.5) is 68.2 Å². The van der Waals surface area contributed by atoms with Gasteiger partial charge in [0, 0.05) is 83.8 Å². The third-order valence-corrected chi connectivity index (χ3v) is 22.3. The molecule has 4 heterocycles. The van der Waals surface area contributed by atoms with Crippen molar-refractivity contribution in [2.75, 3.05) is 19.6 Å². The van der Waals surface area contributed by atoms with Crippen molar-refractivity contribution in [3.8, 4) is 67.1 Å². The fourth-order valence-corrected chi connectivity index (χ4v) is 17.8. The minimum Gasteiger partial charge on any atom is -0.457 e. The Kier molecular flexibility index (Phi) is 14.9. The lowest BCUT2D eigenvalue weighted by molar-refractivity contribution is 0.452. The number of anilines is 12. The number of nitrogens with zero attached hydrogens (tertiary/aromatic N) is 4. The maximum Gasteiger partial charge on any atom is 0.135 e. The first-order valence-electron chi connectivity index (χ1n) is 35.7. The lowest BCUT2D eigenvalue weighted by Gasteiger charge is -2.45. The Morgan fingerprint density at radius 3 is 1.23 bits per heavy atom. The lowest BCUT2D eigenvalue weighted by atomic mass is 9.74. The van der Waals surface area contributed by atoms with Crippen LogP contribution < -0.4 is 24.3 Å². The fraction of sp³-hybridized carbons (Fsp3) is 0.0204. The van der Waals surface area contributed by atoms with Gasteiger partial charge in [0.25, 0.3) is 0 Å². The first kappa shape index (κ1) is 60.8. The molecule has 0 saturated heterocycles. The monoisotopic (exact) mass is 1350 g/mol. The summed E-state index contributed by atoms with van der Waals surface area (Å²) in [5, 5.41) is 0. The van der Waals surface area contributed by atoms with E-state index in [1.807, 2.05) is 11.8 Å². The summed E-state index contributed by atoms with van der Waals surface area (Å²) in [6.07, 6.45) is 0. The van der Waals surface area contributed by atoms with Crippen LogP contribution in [-0.4, -0.2) is 0 Å². The summed E-state index contributed by atoms with van der Waals surface area (Å²) in [5.74, 6) is 1.31. The van der Waals surface area contributed by atoms with E-state index in [-0.39, 0.29) is 11.8 Å². The van der Waals surface area contributed by atoms with E-state index in [0.29, 0.717) is 0 Å². The van der Waals surface area contributed by atoms with E-state index < -0.39 is 0 Å². The molecule has 0 N–H and O–H groups in total. The Morgan fingerprint density at radius 1 is 0.240 bits per heavy atom. The van der Waals surface area contributed by atoms with Crippen LogP contribution in [0.1, 0.15) is 45.2 Å². The minimum atomic E-state index is -0.214. The predicted molar refractivity (Wildman–Crippen MR) is 431 cm³/mol. The number of hydrogen-bond acceptors (Lipinski definition) is 6. The summed E-state index contributed by atoms with van der Waals surface area (Å²) >= 11 is 1.90. The van der Waals surface area contributed by atoms with E-state index in [0.717, 1.165) is 135 Å². The molecule has 5 nitrogen and oxygen atoms in total. The molecule has 0 aliphatic carbocycles. The molecule has 0 bridgehead atoms. The molecule has 20 rings (SSSR count). The Morgan fingerprint density at radius 2 is 0.663 bits per heavy atom. The van der Waals surface area contributed by atoms with Crippen LogP contribution in [0.3, 0.4) is 0 Å². The number of fused-ring (bicyclic) bond motifs is 8. The number of benzene rings is 16. The maximum absolute atomic E-state index is 7.51. The molecule has 0 saturated carbocycles. The van der Waals surface area contributed by atoms with E-state index in [4.69, 9.17) is 4.74 Å². The molecule has 2 atom stereocenters. The zero-order valence-electron chi connectivity index (χ0n) is 56.7.